The van der Waals surface area contributed by atoms with Crippen molar-refractivity contribution in [3.8, 4) is 0 Å². The Kier molecular flexibility index (Phi) is 7.06. The van der Waals surface area contributed by atoms with Crippen molar-refractivity contribution >= 4 is 33.2 Å². The fraction of sp³-hybridized carbons (Fsp3) is 0.409. The molecule has 162 valence electrons. The molecule has 6 nitrogen and oxygen atoms in total. The van der Waals surface area contributed by atoms with E-state index in [0.717, 1.165) is 41.4 Å². The summed E-state index contributed by atoms with van der Waals surface area (Å²) in [5, 5.41) is 3.41. The summed E-state index contributed by atoms with van der Waals surface area (Å²) in [5.41, 5.74) is 2.09. The second-order valence-corrected chi connectivity index (χ2v) is 10.2. The highest BCUT2D eigenvalue weighted by Crippen LogP contribution is 2.29. The zero-order valence-corrected chi connectivity index (χ0v) is 19.1. The normalized spacial score (nSPS) is 15.7. The largest absolute Gasteiger partial charge is 0.352 e. The van der Waals surface area contributed by atoms with Crippen LogP contribution >= 0.6 is 11.6 Å². The van der Waals surface area contributed by atoms with Crippen molar-refractivity contribution in [2.75, 3.05) is 31.0 Å². The van der Waals surface area contributed by atoms with E-state index in [1.54, 1.807) is 49.4 Å². The quantitative estimate of drug-likeness (QED) is 0.734. The van der Waals surface area contributed by atoms with Gasteiger partial charge in [-0.15, -0.1) is 0 Å². The van der Waals surface area contributed by atoms with Crippen LogP contribution in [0.5, 0.6) is 0 Å². The van der Waals surface area contributed by atoms with E-state index in [0.29, 0.717) is 10.7 Å². The zero-order chi connectivity index (χ0) is 21.9. The number of likely N-dealkylation sites (tertiary alicyclic amines) is 1. The van der Waals surface area contributed by atoms with E-state index in [9.17, 15) is 13.2 Å². The van der Waals surface area contributed by atoms with Crippen LogP contribution in [0.2, 0.25) is 5.02 Å². The van der Waals surface area contributed by atoms with Crippen LogP contribution in [0.4, 0.5) is 5.69 Å². The van der Waals surface area contributed by atoms with Crippen molar-refractivity contribution in [3.05, 3.63) is 58.6 Å². The Morgan fingerprint density at radius 1 is 1.13 bits per heavy atom. The number of carbonyl (C=O) groups excluding carboxylic acids is 1. The number of nitrogens with zero attached hydrogens (tertiary/aromatic N) is 2. The van der Waals surface area contributed by atoms with Crippen LogP contribution < -0.4 is 9.62 Å². The van der Waals surface area contributed by atoms with E-state index >= 15 is 0 Å². The van der Waals surface area contributed by atoms with Crippen LogP contribution in [0, 0.1) is 13.8 Å². The van der Waals surface area contributed by atoms with E-state index in [1.807, 2.05) is 6.92 Å². The monoisotopic (exact) mass is 449 g/mol. The molecule has 0 atom stereocenters. The van der Waals surface area contributed by atoms with Gasteiger partial charge in [-0.05, 0) is 76.7 Å². The van der Waals surface area contributed by atoms with Crippen LogP contribution in [0.25, 0.3) is 0 Å². The average molecular weight is 450 g/mol. The Labute approximate surface area is 183 Å². The first-order valence-corrected chi connectivity index (χ1v) is 11.8. The summed E-state index contributed by atoms with van der Waals surface area (Å²) in [6.45, 7) is 5.21. The minimum absolute atomic E-state index is 0.0538. The molecule has 3 rings (SSSR count). The molecule has 1 aliphatic heterocycles. The second-order valence-electron chi connectivity index (χ2n) is 7.90. The number of aryl methyl sites for hydroxylation is 2. The Balaban J connectivity index is 1.90. The lowest BCUT2D eigenvalue weighted by Crippen LogP contribution is -2.48. The number of anilines is 1. The zero-order valence-electron chi connectivity index (χ0n) is 17.6. The highest BCUT2D eigenvalue weighted by molar-refractivity contribution is 7.92. The highest BCUT2D eigenvalue weighted by atomic mass is 35.5. The molecule has 0 radical (unpaired) electrons. The van der Waals surface area contributed by atoms with Crippen molar-refractivity contribution in [1.82, 2.24) is 10.2 Å². The Morgan fingerprint density at radius 2 is 1.77 bits per heavy atom. The van der Waals surface area contributed by atoms with Gasteiger partial charge in [0.2, 0.25) is 5.91 Å². The molecular formula is C22H28ClN3O3S. The lowest BCUT2D eigenvalue weighted by atomic mass is 10.1. The molecule has 8 heteroatoms. The van der Waals surface area contributed by atoms with Gasteiger partial charge in [0.25, 0.3) is 10.0 Å². The van der Waals surface area contributed by atoms with Gasteiger partial charge in [-0.25, -0.2) is 8.42 Å². The number of carbonyl (C=O) groups is 1. The molecule has 1 saturated heterocycles. The van der Waals surface area contributed by atoms with Crippen molar-refractivity contribution in [1.29, 1.82) is 0 Å². The number of rotatable bonds is 6. The van der Waals surface area contributed by atoms with Crippen molar-refractivity contribution in [3.63, 3.8) is 0 Å². The third kappa shape index (κ3) is 5.33. The summed E-state index contributed by atoms with van der Waals surface area (Å²) in [6.07, 6.45) is 1.70. The Hall–Kier alpha value is -2.09. The number of amides is 1. The maximum atomic E-state index is 13.5. The lowest BCUT2D eigenvalue weighted by Gasteiger charge is -2.31. The number of sulfonamides is 1. The van der Waals surface area contributed by atoms with E-state index in [-0.39, 0.29) is 23.4 Å². The fourth-order valence-corrected chi connectivity index (χ4v) is 5.19. The molecule has 1 N–H and O–H groups in total. The summed E-state index contributed by atoms with van der Waals surface area (Å²) < 4.78 is 28.1. The summed E-state index contributed by atoms with van der Waals surface area (Å²) in [6, 6.07) is 11.7. The smallest absolute Gasteiger partial charge is 0.264 e. The molecule has 2 aromatic rings. The topological polar surface area (TPSA) is 69.7 Å². The average Bonchev–Trinajstić information content (AvgIpc) is 2.70. The SMILES string of the molecule is Cc1ccc(S(=O)(=O)N(CC(=O)NC2CCN(C)CC2)c2cc(Cl)ccc2C)cc1. The second kappa shape index (κ2) is 9.37. The number of hydrogen-bond donors (Lipinski definition) is 1. The summed E-state index contributed by atoms with van der Waals surface area (Å²) >= 11 is 6.16. The van der Waals surface area contributed by atoms with Crippen LogP contribution in [-0.4, -0.2) is 51.9 Å². The maximum Gasteiger partial charge on any atom is 0.264 e. The predicted octanol–water partition coefficient (Wildman–Crippen LogP) is 3.36. The molecule has 1 heterocycles. The molecule has 0 aliphatic carbocycles. The standard InChI is InChI=1S/C22H28ClN3O3S/c1-16-4-8-20(9-5-16)30(28,29)26(21-14-18(23)7-6-17(21)2)15-22(27)24-19-10-12-25(3)13-11-19/h4-9,14,19H,10-13,15H2,1-3H3,(H,24,27). The third-order valence-corrected chi connectivity index (χ3v) is 7.43. The van der Waals surface area contributed by atoms with Crippen molar-refractivity contribution in [2.45, 2.75) is 37.6 Å². The van der Waals surface area contributed by atoms with Gasteiger partial charge < -0.3 is 10.2 Å². The number of hydrogen-bond acceptors (Lipinski definition) is 4. The molecule has 0 aromatic heterocycles. The van der Waals surface area contributed by atoms with Crippen molar-refractivity contribution < 1.29 is 13.2 Å². The van der Waals surface area contributed by atoms with Gasteiger partial charge in [-0.1, -0.05) is 35.4 Å². The molecule has 2 aromatic carbocycles. The molecule has 1 amide bonds. The first-order valence-electron chi connectivity index (χ1n) is 10.0. The molecule has 0 saturated carbocycles. The third-order valence-electron chi connectivity index (χ3n) is 5.42. The van der Waals surface area contributed by atoms with E-state index < -0.39 is 10.0 Å². The fourth-order valence-electron chi connectivity index (χ4n) is 3.55. The lowest BCUT2D eigenvalue weighted by molar-refractivity contribution is -0.120. The number of benzene rings is 2. The molecule has 30 heavy (non-hydrogen) atoms. The van der Waals surface area contributed by atoms with Gasteiger partial charge >= 0.3 is 0 Å². The molecule has 0 spiro atoms. The van der Waals surface area contributed by atoms with Crippen LogP contribution in [0.1, 0.15) is 24.0 Å². The van der Waals surface area contributed by atoms with E-state index in [1.165, 1.54) is 0 Å². The van der Waals surface area contributed by atoms with E-state index in [2.05, 4.69) is 17.3 Å². The molecule has 1 aliphatic rings. The van der Waals surface area contributed by atoms with E-state index in [4.69, 9.17) is 11.6 Å². The first-order chi connectivity index (χ1) is 14.2. The number of nitrogens with one attached hydrogen (secondary N) is 1. The first kappa shape index (κ1) is 22.6. The van der Waals surface area contributed by atoms with Gasteiger partial charge in [-0.2, -0.15) is 0 Å². The molecular weight excluding hydrogens is 422 g/mol. The Bertz CT molecular complexity index is 1000. The Morgan fingerprint density at radius 3 is 2.40 bits per heavy atom. The minimum atomic E-state index is -3.95. The molecule has 1 fully saturated rings. The summed E-state index contributed by atoms with van der Waals surface area (Å²) in [5.74, 6) is -0.320. The van der Waals surface area contributed by atoms with Gasteiger partial charge in [-0.3, -0.25) is 9.10 Å². The summed E-state index contributed by atoms with van der Waals surface area (Å²) in [4.78, 5) is 15.2. The maximum absolute atomic E-state index is 13.5. The predicted molar refractivity (Wildman–Crippen MR) is 121 cm³/mol. The van der Waals surface area contributed by atoms with Gasteiger partial charge in [0.1, 0.15) is 6.54 Å². The minimum Gasteiger partial charge on any atom is -0.352 e. The van der Waals surface area contributed by atoms with Crippen LogP contribution in [-0.2, 0) is 14.8 Å². The summed E-state index contributed by atoms with van der Waals surface area (Å²) in [7, 11) is -1.90. The number of piperidine rings is 1. The highest BCUT2D eigenvalue weighted by Gasteiger charge is 2.29. The molecule has 0 unspecified atom stereocenters. The van der Waals surface area contributed by atoms with Gasteiger partial charge in [0, 0.05) is 11.1 Å². The van der Waals surface area contributed by atoms with Crippen molar-refractivity contribution in [2.24, 2.45) is 0 Å². The van der Waals surface area contributed by atoms with Gasteiger partial charge in [0.15, 0.2) is 0 Å². The van der Waals surface area contributed by atoms with Crippen LogP contribution in [0.15, 0.2) is 47.4 Å². The van der Waals surface area contributed by atoms with Gasteiger partial charge in [0.05, 0.1) is 10.6 Å². The number of halogens is 1. The van der Waals surface area contributed by atoms with Crippen LogP contribution in [0.3, 0.4) is 0 Å². The molecule has 0 bridgehead atoms.